The van der Waals surface area contributed by atoms with E-state index in [-0.39, 0.29) is 10.8 Å². The molecule has 0 nitrogen and oxygen atoms in total. The van der Waals surface area contributed by atoms with Crippen LogP contribution in [0.25, 0.3) is 56.7 Å². The molecule has 0 spiro atoms. The van der Waals surface area contributed by atoms with Gasteiger partial charge in [0.1, 0.15) is 0 Å². The van der Waals surface area contributed by atoms with E-state index < -0.39 is 26.8 Å². The van der Waals surface area contributed by atoms with Crippen LogP contribution in [-0.2, 0) is 20.9 Å². The van der Waals surface area contributed by atoms with Crippen LogP contribution >= 0.6 is 0 Å². The SMILES string of the molecule is C[SiH](C)[Zr]([CH]1C(CC(C)(C)C)=Cc2c(-c3ccccc3)ccc(-c3ccccc3)c21)[CH]1C(CC(C)(C)C)=Cc2c(-c3ccccc3)ccc(-c3ccccc3)c21. The van der Waals surface area contributed by atoms with Crippen molar-refractivity contribution in [2.24, 2.45) is 10.8 Å². The van der Waals surface area contributed by atoms with Gasteiger partial charge in [0.25, 0.3) is 0 Å². The van der Waals surface area contributed by atoms with Crippen LogP contribution in [0.1, 0.15) is 83.9 Å². The Morgan fingerprint density at radius 1 is 0.411 bits per heavy atom. The molecule has 0 bridgehead atoms. The van der Waals surface area contributed by atoms with Gasteiger partial charge in [0.15, 0.2) is 0 Å². The minimum atomic E-state index is -2.61. The molecule has 0 aromatic heterocycles. The first-order chi connectivity index (χ1) is 26.9. The predicted molar refractivity (Wildman–Crippen MR) is 243 cm³/mol. The van der Waals surface area contributed by atoms with Gasteiger partial charge in [0, 0.05) is 0 Å². The molecule has 0 N–H and O–H groups in total. The monoisotopic (exact) mass is 823 g/mol. The van der Waals surface area contributed by atoms with Crippen molar-refractivity contribution in [3.63, 3.8) is 0 Å². The van der Waals surface area contributed by atoms with E-state index in [0.29, 0.717) is 7.25 Å². The van der Waals surface area contributed by atoms with E-state index in [1.165, 1.54) is 55.6 Å². The van der Waals surface area contributed by atoms with E-state index in [0.717, 1.165) is 12.8 Å². The van der Waals surface area contributed by atoms with Crippen LogP contribution in [0.5, 0.6) is 0 Å². The maximum absolute atomic E-state index is 2.74. The summed E-state index contributed by atoms with van der Waals surface area (Å²) in [4.78, 5) is 0. The van der Waals surface area contributed by atoms with Crippen LogP contribution in [0.15, 0.2) is 157 Å². The molecule has 6 aromatic rings. The van der Waals surface area contributed by atoms with Crippen LogP contribution in [0, 0.1) is 10.8 Å². The van der Waals surface area contributed by atoms with Crippen molar-refractivity contribution in [3.05, 3.63) is 179 Å². The van der Waals surface area contributed by atoms with Crippen molar-refractivity contribution < 1.29 is 20.9 Å². The van der Waals surface area contributed by atoms with Crippen LogP contribution in [0.2, 0.25) is 13.1 Å². The zero-order valence-electron chi connectivity index (χ0n) is 34.7. The third-order valence-electron chi connectivity index (χ3n) is 11.7. The third-order valence-corrected chi connectivity index (χ3v) is 33.3. The van der Waals surface area contributed by atoms with Crippen LogP contribution in [-0.4, -0.2) is 5.92 Å². The molecular weight excluding hydrogens is 768 g/mol. The predicted octanol–water partition coefficient (Wildman–Crippen LogP) is 15.4. The fraction of sp³-hybridized carbons (Fsp3) is 0.259. The Morgan fingerprint density at radius 2 is 0.696 bits per heavy atom. The molecule has 0 saturated heterocycles. The Morgan fingerprint density at radius 3 is 0.982 bits per heavy atom. The Bertz CT molecular complexity index is 2220. The number of hydrogen-bond donors (Lipinski definition) is 0. The Hall–Kier alpha value is -4.10. The standard InChI is InChI=1S/2C26H25.C2H7Si.Zr/c2*1-26(2,3)18-19-16-24-22(20-10-6-4-7-11-20)14-15-23(25(24)17-19)21-12-8-5-9-13-21;1-3-2;/h2*4-17H,18H2,1-3H3;3H,1-2H3;. The molecule has 0 fully saturated rings. The van der Waals surface area contributed by atoms with Gasteiger partial charge in [-0.15, -0.1) is 0 Å². The molecule has 2 unspecified atom stereocenters. The van der Waals surface area contributed by atoms with E-state index in [2.05, 4.69) is 212 Å². The summed E-state index contributed by atoms with van der Waals surface area (Å²) in [6, 6.07) is 54.8. The van der Waals surface area contributed by atoms with Gasteiger partial charge in [0.05, 0.1) is 0 Å². The van der Waals surface area contributed by atoms with Crippen molar-refractivity contribution >= 4 is 18.1 Å². The summed E-state index contributed by atoms with van der Waals surface area (Å²) < 4.78 is 1.00. The van der Waals surface area contributed by atoms with Gasteiger partial charge in [-0.3, -0.25) is 0 Å². The van der Waals surface area contributed by atoms with Crippen LogP contribution < -0.4 is 0 Å². The first-order valence-electron chi connectivity index (χ1n) is 20.7. The minimum absolute atomic E-state index is 0.173. The molecule has 281 valence electrons. The van der Waals surface area contributed by atoms with E-state index in [4.69, 9.17) is 0 Å². The average molecular weight is 825 g/mol. The van der Waals surface area contributed by atoms with Crippen molar-refractivity contribution in [2.45, 2.75) is 74.7 Å². The summed E-state index contributed by atoms with van der Waals surface area (Å²) in [6.07, 6.45) is 7.65. The van der Waals surface area contributed by atoms with Crippen molar-refractivity contribution in [1.29, 1.82) is 0 Å². The number of hydrogen-bond acceptors (Lipinski definition) is 0. The van der Waals surface area contributed by atoms with Gasteiger partial charge in [-0.2, -0.15) is 0 Å². The number of fused-ring (bicyclic) bond motifs is 2. The molecular formula is C54H57SiZr. The molecule has 56 heavy (non-hydrogen) atoms. The Balaban J connectivity index is 1.44. The summed E-state index contributed by atoms with van der Waals surface area (Å²) in [5.74, 6) is -1.22. The first-order valence-corrected chi connectivity index (χ1v) is 30.7. The van der Waals surface area contributed by atoms with Gasteiger partial charge >= 0.3 is 348 Å². The van der Waals surface area contributed by atoms with E-state index in [1.54, 1.807) is 22.3 Å². The Kier molecular flexibility index (Phi) is 10.9. The van der Waals surface area contributed by atoms with Gasteiger partial charge in [-0.25, -0.2) is 0 Å². The summed E-state index contributed by atoms with van der Waals surface area (Å²) in [7, 11) is 0. The van der Waals surface area contributed by atoms with Crippen molar-refractivity contribution in [3.8, 4) is 44.5 Å². The molecule has 0 aliphatic heterocycles. The van der Waals surface area contributed by atoms with Gasteiger partial charge in [-0.05, 0) is 0 Å². The molecule has 2 heteroatoms. The summed E-state index contributed by atoms with van der Waals surface area (Å²) in [6.45, 7) is 20.2. The quantitative estimate of drug-likeness (QED) is 0.127. The van der Waals surface area contributed by atoms with E-state index in [1.807, 2.05) is 0 Å². The summed E-state index contributed by atoms with van der Waals surface area (Å²) in [5, 5.41) is 0. The zero-order chi connectivity index (χ0) is 39.2. The zero-order valence-corrected chi connectivity index (χ0v) is 38.3. The maximum atomic E-state index is 2.74. The third kappa shape index (κ3) is 7.77. The average Bonchev–Trinajstić information content (AvgIpc) is 3.72. The second-order valence-electron chi connectivity index (χ2n) is 18.9. The number of allylic oxidation sites excluding steroid dienone is 2. The first kappa shape index (κ1) is 38.8. The summed E-state index contributed by atoms with van der Waals surface area (Å²) in [5.41, 5.74) is 21.0. The molecule has 8 rings (SSSR count). The second kappa shape index (κ2) is 15.7. The Labute approximate surface area is 345 Å². The molecule has 0 amide bonds. The second-order valence-corrected chi connectivity index (χ2v) is 38.9. The van der Waals surface area contributed by atoms with Crippen LogP contribution in [0.3, 0.4) is 0 Å². The molecule has 0 radical (unpaired) electrons. The molecule has 2 aliphatic rings. The molecule has 6 aromatic carbocycles. The number of benzene rings is 6. The molecule has 0 heterocycles. The van der Waals surface area contributed by atoms with Crippen molar-refractivity contribution in [1.82, 2.24) is 0 Å². The van der Waals surface area contributed by atoms with Gasteiger partial charge < -0.3 is 0 Å². The van der Waals surface area contributed by atoms with Crippen LogP contribution in [0.4, 0.5) is 0 Å². The van der Waals surface area contributed by atoms with Gasteiger partial charge in [0.2, 0.25) is 0 Å². The number of rotatable bonds is 9. The molecule has 0 saturated carbocycles. The normalized spacial score (nSPS) is 16.4. The van der Waals surface area contributed by atoms with E-state index >= 15 is 0 Å². The molecule has 2 aliphatic carbocycles. The summed E-state index contributed by atoms with van der Waals surface area (Å²) >= 11 is -2.61. The fourth-order valence-corrected chi connectivity index (χ4v) is 32.4. The van der Waals surface area contributed by atoms with Crippen molar-refractivity contribution in [2.75, 3.05) is 0 Å². The van der Waals surface area contributed by atoms with Gasteiger partial charge in [-0.1, -0.05) is 0 Å². The topological polar surface area (TPSA) is 0 Å². The molecule has 2 atom stereocenters. The van der Waals surface area contributed by atoms with E-state index in [9.17, 15) is 0 Å². The fourth-order valence-electron chi connectivity index (χ4n) is 9.72.